The number of aromatic nitrogens is 1. The Morgan fingerprint density at radius 3 is 2.55 bits per heavy atom. The zero-order valence-electron chi connectivity index (χ0n) is 16.6. The maximum absolute atomic E-state index is 13.1. The van der Waals surface area contributed by atoms with Gasteiger partial charge in [0.05, 0.1) is 17.3 Å². The van der Waals surface area contributed by atoms with Crippen molar-refractivity contribution in [2.24, 2.45) is 0 Å². The van der Waals surface area contributed by atoms with Crippen LogP contribution in [0.5, 0.6) is 0 Å². The minimum atomic E-state index is -0.169. The van der Waals surface area contributed by atoms with E-state index in [9.17, 15) is 4.79 Å². The summed E-state index contributed by atoms with van der Waals surface area (Å²) in [6, 6.07) is 21.1. The van der Waals surface area contributed by atoms with Crippen LogP contribution in [0.15, 0.2) is 77.4 Å². The van der Waals surface area contributed by atoms with Gasteiger partial charge in [-0.15, -0.1) is 0 Å². The Morgan fingerprint density at radius 1 is 1.03 bits per heavy atom. The summed E-state index contributed by atoms with van der Waals surface area (Å²) in [4.78, 5) is 19.9. The maximum Gasteiger partial charge on any atom is 0.256 e. The number of carbonyl (C=O) groups excluding carboxylic acids is 1. The highest BCUT2D eigenvalue weighted by molar-refractivity contribution is 6.13. The average molecular weight is 385 g/mol. The Bertz CT molecular complexity index is 1120. The predicted octanol–water partition coefficient (Wildman–Crippen LogP) is 4.85. The molecule has 2 heterocycles. The summed E-state index contributed by atoms with van der Waals surface area (Å²) in [6.45, 7) is 0.990. The Hall–Kier alpha value is -3.44. The van der Waals surface area contributed by atoms with Crippen LogP contribution in [-0.2, 0) is 6.42 Å². The number of amides is 1. The summed E-state index contributed by atoms with van der Waals surface area (Å²) in [7, 11) is 4.12. The van der Waals surface area contributed by atoms with Crippen molar-refractivity contribution >= 4 is 22.5 Å². The van der Waals surface area contributed by atoms with Crippen molar-refractivity contribution in [1.82, 2.24) is 9.88 Å². The number of anilines is 1. The largest absolute Gasteiger partial charge is 0.463 e. The number of rotatable bonds is 6. The van der Waals surface area contributed by atoms with Gasteiger partial charge in [0.25, 0.3) is 5.91 Å². The van der Waals surface area contributed by atoms with Crippen LogP contribution in [-0.4, -0.2) is 36.4 Å². The molecule has 0 atom stereocenters. The van der Waals surface area contributed by atoms with E-state index >= 15 is 0 Å². The van der Waals surface area contributed by atoms with Crippen molar-refractivity contribution in [3.05, 3.63) is 84.1 Å². The van der Waals surface area contributed by atoms with Crippen molar-refractivity contribution in [1.29, 1.82) is 0 Å². The molecular weight excluding hydrogens is 362 g/mol. The molecule has 5 heteroatoms. The van der Waals surface area contributed by atoms with Gasteiger partial charge in [-0.3, -0.25) is 4.79 Å². The number of nitrogens with zero attached hydrogens (tertiary/aromatic N) is 2. The van der Waals surface area contributed by atoms with Crippen LogP contribution in [0.1, 0.15) is 15.9 Å². The number of fused-ring (bicyclic) bond motifs is 1. The number of para-hydroxylation sites is 1. The van der Waals surface area contributed by atoms with Gasteiger partial charge in [0, 0.05) is 17.6 Å². The van der Waals surface area contributed by atoms with Gasteiger partial charge in [0.2, 0.25) is 0 Å². The maximum atomic E-state index is 13.1. The Kier molecular flexibility index (Phi) is 5.40. The minimum absolute atomic E-state index is 0.169. The molecule has 2 aromatic carbocycles. The third-order valence-corrected chi connectivity index (χ3v) is 4.79. The van der Waals surface area contributed by atoms with Crippen molar-refractivity contribution in [3.8, 4) is 11.5 Å². The van der Waals surface area contributed by atoms with Crippen molar-refractivity contribution in [2.75, 3.05) is 26.0 Å². The molecule has 5 nitrogen and oxygen atoms in total. The first-order valence-corrected chi connectivity index (χ1v) is 9.59. The van der Waals surface area contributed by atoms with Crippen LogP contribution in [0, 0.1) is 0 Å². The topological polar surface area (TPSA) is 58.4 Å². The predicted molar refractivity (Wildman–Crippen MR) is 116 cm³/mol. The molecule has 0 aliphatic carbocycles. The van der Waals surface area contributed by atoms with Gasteiger partial charge >= 0.3 is 0 Å². The zero-order valence-corrected chi connectivity index (χ0v) is 16.6. The smallest absolute Gasteiger partial charge is 0.256 e. The van der Waals surface area contributed by atoms with Gasteiger partial charge in [-0.05, 0) is 62.5 Å². The molecule has 0 spiro atoms. The third kappa shape index (κ3) is 4.36. The number of benzene rings is 2. The highest BCUT2D eigenvalue weighted by Gasteiger charge is 2.15. The lowest BCUT2D eigenvalue weighted by atomic mass is 10.1. The molecule has 29 heavy (non-hydrogen) atoms. The summed E-state index contributed by atoms with van der Waals surface area (Å²) in [5, 5.41) is 3.82. The van der Waals surface area contributed by atoms with Gasteiger partial charge in [-0.1, -0.05) is 30.3 Å². The van der Waals surface area contributed by atoms with Crippen LogP contribution >= 0.6 is 0 Å². The highest BCUT2D eigenvalue weighted by atomic mass is 16.3. The quantitative estimate of drug-likeness (QED) is 0.515. The lowest BCUT2D eigenvalue weighted by Crippen LogP contribution is -2.15. The number of hydrogen-bond donors (Lipinski definition) is 1. The monoisotopic (exact) mass is 385 g/mol. The molecule has 0 bridgehead atoms. The van der Waals surface area contributed by atoms with Gasteiger partial charge in [-0.25, -0.2) is 4.98 Å². The normalized spacial score (nSPS) is 11.1. The highest BCUT2D eigenvalue weighted by Crippen LogP contribution is 2.26. The molecular formula is C24H23N3O2. The number of furan rings is 1. The van der Waals surface area contributed by atoms with E-state index in [2.05, 4.69) is 41.4 Å². The fourth-order valence-corrected chi connectivity index (χ4v) is 3.22. The van der Waals surface area contributed by atoms with Crippen molar-refractivity contribution < 1.29 is 9.21 Å². The van der Waals surface area contributed by atoms with E-state index in [0.717, 1.165) is 29.6 Å². The molecule has 1 N–H and O–H groups in total. The first kappa shape index (κ1) is 18.9. The van der Waals surface area contributed by atoms with Crippen LogP contribution in [0.3, 0.4) is 0 Å². The SMILES string of the molecule is CN(C)CCc1ccc(NC(=O)c2cc(-c3ccco3)nc3ccccc23)cc1. The fourth-order valence-electron chi connectivity index (χ4n) is 3.22. The Labute approximate surface area is 170 Å². The molecule has 0 fully saturated rings. The van der Waals surface area contributed by atoms with Gasteiger partial charge in [0.1, 0.15) is 5.69 Å². The van der Waals surface area contributed by atoms with E-state index in [1.807, 2.05) is 48.5 Å². The summed E-state index contributed by atoms with van der Waals surface area (Å²) in [5.74, 6) is 0.465. The van der Waals surface area contributed by atoms with Gasteiger partial charge in [0.15, 0.2) is 5.76 Å². The van der Waals surface area contributed by atoms with E-state index in [1.165, 1.54) is 5.56 Å². The second-order valence-electron chi connectivity index (χ2n) is 7.25. The second-order valence-corrected chi connectivity index (χ2v) is 7.25. The average Bonchev–Trinajstić information content (AvgIpc) is 3.27. The molecule has 1 amide bonds. The van der Waals surface area contributed by atoms with E-state index in [0.29, 0.717) is 17.0 Å². The molecule has 0 unspecified atom stereocenters. The van der Waals surface area contributed by atoms with Gasteiger partial charge < -0.3 is 14.6 Å². The van der Waals surface area contributed by atoms with E-state index in [4.69, 9.17) is 4.42 Å². The standard InChI is InChI=1S/C24H23N3O2/c1-27(2)14-13-17-9-11-18(12-10-17)25-24(28)20-16-22(23-8-5-15-29-23)26-21-7-4-3-6-19(20)21/h3-12,15-16H,13-14H2,1-2H3,(H,25,28). The molecule has 0 aliphatic heterocycles. The second kappa shape index (κ2) is 8.29. The molecule has 0 saturated carbocycles. The van der Waals surface area contributed by atoms with Crippen LogP contribution in [0.4, 0.5) is 5.69 Å². The Morgan fingerprint density at radius 2 is 1.83 bits per heavy atom. The van der Waals surface area contributed by atoms with E-state index in [-0.39, 0.29) is 5.91 Å². The van der Waals surface area contributed by atoms with E-state index in [1.54, 1.807) is 12.3 Å². The van der Waals surface area contributed by atoms with Crippen LogP contribution in [0.25, 0.3) is 22.4 Å². The Balaban J connectivity index is 1.61. The lowest BCUT2D eigenvalue weighted by Gasteiger charge is -2.11. The molecule has 0 radical (unpaired) electrons. The number of likely N-dealkylation sites (N-methyl/N-ethyl adjacent to an activating group) is 1. The lowest BCUT2D eigenvalue weighted by molar-refractivity contribution is 0.102. The summed E-state index contributed by atoms with van der Waals surface area (Å²) in [5.41, 5.74) is 3.97. The molecule has 146 valence electrons. The summed E-state index contributed by atoms with van der Waals surface area (Å²) >= 11 is 0. The summed E-state index contributed by atoms with van der Waals surface area (Å²) < 4.78 is 5.48. The zero-order chi connectivity index (χ0) is 20.2. The fraction of sp³-hybridized carbons (Fsp3) is 0.167. The number of pyridine rings is 1. The number of hydrogen-bond acceptors (Lipinski definition) is 4. The third-order valence-electron chi connectivity index (χ3n) is 4.79. The number of carbonyl (C=O) groups is 1. The molecule has 0 aliphatic rings. The first-order chi connectivity index (χ1) is 14.1. The number of nitrogens with one attached hydrogen (secondary N) is 1. The molecule has 2 aromatic heterocycles. The minimum Gasteiger partial charge on any atom is -0.463 e. The van der Waals surface area contributed by atoms with Gasteiger partial charge in [-0.2, -0.15) is 0 Å². The summed E-state index contributed by atoms with van der Waals surface area (Å²) in [6.07, 6.45) is 2.58. The van der Waals surface area contributed by atoms with Crippen LogP contribution < -0.4 is 5.32 Å². The molecule has 4 aromatic rings. The molecule has 4 rings (SSSR count). The van der Waals surface area contributed by atoms with Crippen molar-refractivity contribution in [3.63, 3.8) is 0 Å². The molecule has 0 saturated heterocycles. The van der Waals surface area contributed by atoms with E-state index < -0.39 is 0 Å². The van der Waals surface area contributed by atoms with Crippen molar-refractivity contribution in [2.45, 2.75) is 6.42 Å². The first-order valence-electron chi connectivity index (χ1n) is 9.59. The van der Waals surface area contributed by atoms with Crippen LogP contribution in [0.2, 0.25) is 0 Å².